The summed E-state index contributed by atoms with van der Waals surface area (Å²) in [5, 5.41) is 15.6. The smallest absolute Gasteiger partial charge is 0.245 e. The Morgan fingerprint density at radius 3 is 1.17 bits per heavy atom. The van der Waals surface area contributed by atoms with Crippen LogP contribution in [0.25, 0.3) is 0 Å². The van der Waals surface area contributed by atoms with Crippen LogP contribution in [0.1, 0.15) is 39.0 Å². The zero-order chi connectivity index (χ0) is 27.2. The van der Waals surface area contributed by atoms with E-state index in [9.17, 15) is 24.0 Å². The van der Waals surface area contributed by atoms with Gasteiger partial charge in [0.2, 0.25) is 29.5 Å². The van der Waals surface area contributed by atoms with E-state index in [1.807, 2.05) is 0 Å². The SMILES string of the molecule is CNC(=O)C1CC1.CNC(=O)C1CCC1.CNC(=O)C1CNC1.CNC(=O)COC.CNC(C)=O. The lowest BCUT2D eigenvalue weighted by molar-refractivity contribution is -0.127. The summed E-state index contributed by atoms with van der Waals surface area (Å²) in [7, 11) is 9.70. The third kappa shape index (κ3) is 19.3. The van der Waals surface area contributed by atoms with E-state index in [2.05, 4.69) is 36.6 Å². The van der Waals surface area contributed by atoms with Gasteiger partial charge in [-0.3, -0.25) is 24.0 Å². The van der Waals surface area contributed by atoms with Gasteiger partial charge in [0.25, 0.3) is 0 Å². The topological polar surface area (TPSA) is 167 Å². The van der Waals surface area contributed by atoms with Gasteiger partial charge in [-0.1, -0.05) is 6.42 Å². The second-order valence-electron chi connectivity index (χ2n) is 8.01. The molecule has 3 aliphatic rings. The fraction of sp³-hybridized carbons (Fsp3) is 0.783. The van der Waals surface area contributed by atoms with Crippen molar-refractivity contribution in [2.24, 2.45) is 17.8 Å². The standard InChI is InChI=1S/C6H11NO.C5H10N2O.C5H9NO.C4H9NO2.C3H7NO/c1-7-6(8)5-3-2-4-5;1-6-5(8)4-2-7-3-4;1-6-5(7)4-2-3-4;1-5-4(6)3-7-2;1-3(5)4-2/h5H,2-4H2,1H3,(H,7,8);4,7H,2-3H2,1H3,(H,6,8);4H,2-3H2,1H3,(H,6,7);3H2,1-2H3,(H,5,6);1-2H3,(H,4,5). The first-order valence-electron chi connectivity index (χ1n) is 11.8. The molecule has 3 rings (SSSR count). The lowest BCUT2D eigenvalue weighted by atomic mass is 9.85. The van der Waals surface area contributed by atoms with Crippen LogP contribution in [0.3, 0.4) is 0 Å². The minimum absolute atomic E-state index is 0.00463. The number of carbonyl (C=O) groups is 5. The zero-order valence-electron chi connectivity index (χ0n) is 22.3. The van der Waals surface area contributed by atoms with Crippen molar-refractivity contribution in [1.29, 1.82) is 0 Å². The quantitative estimate of drug-likeness (QED) is 0.273. The number of likely N-dealkylation sites (N-methyl/N-ethyl adjacent to an activating group) is 1. The summed E-state index contributed by atoms with van der Waals surface area (Å²) in [6, 6.07) is 0. The summed E-state index contributed by atoms with van der Waals surface area (Å²) in [5.74, 6) is 1.44. The predicted octanol–water partition coefficient (Wildman–Crippen LogP) is -1.24. The molecule has 2 aliphatic carbocycles. The molecule has 1 saturated heterocycles. The van der Waals surface area contributed by atoms with Crippen molar-refractivity contribution >= 4 is 29.5 Å². The fourth-order valence-corrected chi connectivity index (χ4v) is 2.31. The molecule has 204 valence electrons. The number of hydrogen-bond acceptors (Lipinski definition) is 7. The fourth-order valence-electron chi connectivity index (χ4n) is 2.31. The van der Waals surface area contributed by atoms with E-state index in [1.165, 1.54) is 20.5 Å². The Kier molecular flexibility index (Phi) is 21.4. The lowest BCUT2D eigenvalue weighted by Gasteiger charge is -2.24. The van der Waals surface area contributed by atoms with Crippen LogP contribution in [0, 0.1) is 17.8 Å². The molecule has 0 aromatic carbocycles. The number of amides is 5. The molecule has 0 aromatic heterocycles. The average Bonchev–Trinajstić information content (AvgIpc) is 3.63. The first-order valence-corrected chi connectivity index (χ1v) is 11.8. The molecule has 0 bridgehead atoms. The number of hydrogen-bond donors (Lipinski definition) is 6. The predicted molar refractivity (Wildman–Crippen MR) is 134 cm³/mol. The van der Waals surface area contributed by atoms with E-state index in [4.69, 9.17) is 0 Å². The summed E-state index contributed by atoms with van der Waals surface area (Å²) in [6.45, 7) is 3.32. The zero-order valence-corrected chi connectivity index (χ0v) is 22.3. The van der Waals surface area contributed by atoms with Gasteiger partial charge in [0.1, 0.15) is 6.61 Å². The van der Waals surface area contributed by atoms with Crippen LogP contribution in [0.4, 0.5) is 0 Å². The molecule has 0 aromatic rings. The molecule has 0 radical (unpaired) electrons. The third-order valence-electron chi connectivity index (χ3n) is 5.22. The maximum absolute atomic E-state index is 10.7. The summed E-state index contributed by atoms with van der Waals surface area (Å²) in [6.07, 6.45) is 5.62. The molecule has 5 amide bonds. The monoisotopic (exact) mass is 502 g/mol. The van der Waals surface area contributed by atoms with E-state index in [0.717, 1.165) is 38.8 Å². The van der Waals surface area contributed by atoms with Gasteiger partial charge in [0.05, 0.1) is 5.92 Å². The largest absolute Gasteiger partial charge is 0.375 e. The molecule has 1 aliphatic heterocycles. The number of rotatable bonds is 5. The van der Waals surface area contributed by atoms with Crippen LogP contribution >= 0.6 is 0 Å². The number of methoxy groups -OCH3 is 1. The first-order chi connectivity index (χ1) is 16.6. The molecule has 3 fully saturated rings. The van der Waals surface area contributed by atoms with Crippen LogP contribution in [-0.2, 0) is 28.7 Å². The Morgan fingerprint density at radius 2 is 1.09 bits per heavy atom. The van der Waals surface area contributed by atoms with Crippen molar-refractivity contribution in [3.63, 3.8) is 0 Å². The second kappa shape index (κ2) is 21.8. The second-order valence-corrected chi connectivity index (χ2v) is 8.01. The van der Waals surface area contributed by atoms with E-state index in [-0.39, 0.29) is 42.1 Å². The highest BCUT2D eigenvalue weighted by Crippen LogP contribution is 2.28. The average molecular weight is 503 g/mol. The van der Waals surface area contributed by atoms with Crippen LogP contribution < -0.4 is 31.9 Å². The highest BCUT2D eigenvalue weighted by molar-refractivity contribution is 5.80. The molecular weight excluding hydrogens is 456 g/mol. The normalized spacial score (nSPS) is 15.4. The molecule has 2 saturated carbocycles. The van der Waals surface area contributed by atoms with Gasteiger partial charge in [-0.05, 0) is 25.7 Å². The Hall–Kier alpha value is -2.73. The molecule has 12 heteroatoms. The number of ether oxygens (including phenoxy) is 1. The van der Waals surface area contributed by atoms with E-state index in [0.29, 0.717) is 11.8 Å². The Morgan fingerprint density at radius 1 is 0.686 bits per heavy atom. The molecule has 0 atom stereocenters. The van der Waals surface area contributed by atoms with Crippen molar-refractivity contribution < 1.29 is 28.7 Å². The molecule has 0 spiro atoms. The van der Waals surface area contributed by atoms with Gasteiger partial charge in [-0.25, -0.2) is 0 Å². The summed E-state index contributed by atoms with van der Waals surface area (Å²) in [5.41, 5.74) is 0. The summed E-state index contributed by atoms with van der Waals surface area (Å²) in [4.78, 5) is 51.7. The maximum atomic E-state index is 10.7. The van der Waals surface area contributed by atoms with Gasteiger partial charge in [-0.2, -0.15) is 0 Å². The van der Waals surface area contributed by atoms with Crippen molar-refractivity contribution in [2.45, 2.75) is 39.0 Å². The molecule has 0 unspecified atom stereocenters. The third-order valence-corrected chi connectivity index (χ3v) is 5.22. The number of nitrogens with one attached hydrogen (secondary N) is 6. The Bertz CT molecular complexity index is 608. The van der Waals surface area contributed by atoms with Crippen LogP contribution in [0.2, 0.25) is 0 Å². The van der Waals surface area contributed by atoms with Crippen molar-refractivity contribution in [3.05, 3.63) is 0 Å². The van der Waals surface area contributed by atoms with Crippen molar-refractivity contribution in [3.8, 4) is 0 Å². The molecule has 35 heavy (non-hydrogen) atoms. The Labute approximate surface area is 209 Å². The summed E-state index contributed by atoms with van der Waals surface area (Å²) < 4.78 is 4.48. The van der Waals surface area contributed by atoms with Gasteiger partial charge in [0.15, 0.2) is 0 Å². The summed E-state index contributed by atoms with van der Waals surface area (Å²) >= 11 is 0. The lowest BCUT2D eigenvalue weighted by Crippen LogP contribution is -2.49. The van der Waals surface area contributed by atoms with Crippen molar-refractivity contribution in [2.75, 3.05) is 62.0 Å². The molecular formula is C23H46N6O6. The van der Waals surface area contributed by atoms with E-state index >= 15 is 0 Å². The van der Waals surface area contributed by atoms with E-state index < -0.39 is 0 Å². The van der Waals surface area contributed by atoms with Crippen LogP contribution in [0.15, 0.2) is 0 Å². The highest BCUT2D eigenvalue weighted by Gasteiger charge is 2.28. The molecule has 6 N–H and O–H groups in total. The molecule has 12 nitrogen and oxygen atoms in total. The number of carbonyl (C=O) groups excluding carboxylic acids is 5. The van der Waals surface area contributed by atoms with Gasteiger partial charge in [-0.15, -0.1) is 0 Å². The minimum Gasteiger partial charge on any atom is -0.375 e. The molecule has 1 heterocycles. The maximum Gasteiger partial charge on any atom is 0.245 e. The van der Waals surface area contributed by atoms with E-state index in [1.54, 1.807) is 35.2 Å². The van der Waals surface area contributed by atoms with Crippen LogP contribution in [-0.4, -0.2) is 91.6 Å². The minimum atomic E-state index is -0.0949. The van der Waals surface area contributed by atoms with Gasteiger partial charge in [0, 0.05) is 74.2 Å². The van der Waals surface area contributed by atoms with Crippen molar-refractivity contribution in [1.82, 2.24) is 31.9 Å². The first kappa shape index (κ1) is 34.4. The van der Waals surface area contributed by atoms with Gasteiger partial charge < -0.3 is 36.6 Å². The highest BCUT2D eigenvalue weighted by atomic mass is 16.5. The van der Waals surface area contributed by atoms with Gasteiger partial charge >= 0.3 is 0 Å². The Balaban J connectivity index is 0. The van der Waals surface area contributed by atoms with Crippen LogP contribution in [0.5, 0.6) is 0 Å².